The van der Waals surface area contributed by atoms with E-state index in [-0.39, 0.29) is 111 Å². The monoisotopic (exact) mass is 1200 g/mol. The van der Waals surface area contributed by atoms with E-state index in [2.05, 4.69) is 57.2 Å². The lowest BCUT2D eigenvalue weighted by Crippen LogP contribution is -2.57. The molecule has 1 fully saturated rings. The predicted molar refractivity (Wildman–Crippen MR) is 319 cm³/mol. The number of rotatable bonds is 34. The van der Waals surface area contributed by atoms with Crippen molar-refractivity contribution in [3.05, 3.63) is 72.1 Å². The van der Waals surface area contributed by atoms with Gasteiger partial charge in [-0.15, -0.1) is 0 Å². The molecule has 9 amide bonds. The zero-order valence-electron chi connectivity index (χ0n) is 48.6. The number of amides is 9. The van der Waals surface area contributed by atoms with Crippen LogP contribution in [0.5, 0.6) is 0 Å². The van der Waals surface area contributed by atoms with Crippen molar-refractivity contribution in [2.75, 3.05) is 48.7 Å². The maximum Gasteiger partial charge on any atom is 0.272 e. The molecule has 33 nitrogen and oxygen atoms in total. The van der Waals surface area contributed by atoms with E-state index in [0.29, 0.717) is 50.9 Å². The van der Waals surface area contributed by atoms with Crippen LogP contribution in [-0.2, 0) is 56.3 Å². The molecular formula is C53H83N23O10. The van der Waals surface area contributed by atoms with Gasteiger partial charge in [0.2, 0.25) is 35.4 Å². The van der Waals surface area contributed by atoms with Gasteiger partial charge < -0.3 is 112 Å². The van der Waals surface area contributed by atoms with Gasteiger partial charge in [0, 0.05) is 84.1 Å². The van der Waals surface area contributed by atoms with Crippen molar-refractivity contribution in [1.82, 2.24) is 49.8 Å². The van der Waals surface area contributed by atoms with E-state index in [1.807, 2.05) is 0 Å². The van der Waals surface area contributed by atoms with Gasteiger partial charge in [0.1, 0.15) is 47.3 Å². The van der Waals surface area contributed by atoms with E-state index in [0.717, 1.165) is 0 Å². The highest BCUT2D eigenvalue weighted by atomic mass is 16.3. The molecule has 0 unspecified atom stereocenters. The summed E-state index contributed by atoms with van der Waals surface area (Å²) in [6, 6.07) is -2.57. The van der Waals surface area contributed by atoms with Crippen LogP contribution in [-0.4, -0.2) is 174 Å². The van der Waals surface area contributed by atoms with Gasteiger partial charge in [-0.3, -0.25) is 53.1 Å². The lowest BCUT2D eigenvalue weighted by molar-refractivity contribution is -0.140. The Balaban J connectivity index is 1.23. The van der Waals surface area contributed by atoms with Gasteiger partial charge in [0.15, 0.2) is 11.9 Å². The number of nitrogens with zero attached hydrogens (tertiary/aromatic N) is 7. The largest absolute Gasteiger partial charge is 0.391 e. The topological polar surface area (TPSA) is 538 Å². The molecule has 1 aliphatic rings. The number of carbonyl (C=O) groups is 9. The van der Waals surface area contributed by atoms with E-state index in [9.17, 15) is 48.3 Å². The Labute approximate surface area is 496 Å². The second-order valence-corrected chi connectivity index (χ2v) is 20.9. The number of aromatic amines is 1. The molecule has 0 radical (unpaired) electrons. The minimum atomic E-state index is -1.26. The van der Waals surface area contributed by atoms with Gasteiger partial charge in [0.25, 0.3) is 17.7 Å². The minimum absolute atomic E-state index is 0.00399. The van der Waals surface area contributed by atoms with Crippen molar-refractivity contribution in [2.24, 2.45) is 77.0 Å². The fourth-order valence-electron chi connectivity index (χ4n) is 9.56. The van der Waals surface area contributed by atoms with Crippen molar-refractivity contribution in [3.8, 4) is 0 Å². The number of imidazole rings is 1. The van der Waals surface area contributed by atoms with Crippen molar-refractivity contribution < 1.29 is 48.3 Å². The predicted octanol–water partition coefficient (Wildman–Crippen LogP) is -4.20. The van der Waals surface area contributed by atoms with Crippen LogP contribution in [0.4, 0.5) is 17.1 Å². The Morgan fingerprint density at radius 2 is 1.07 bits per heavy atom. The number of nitrogens with one attached hydrogen (secondary N) is 8. The third-order valence-corrected chi connectivity index (χ3v) is 14.0. The Morgan fingerprint density at radius 3 is 1.55 bits per heavy atom. The average molecular weight is 1200 g/mol. The highest BCUT2D eigenvalue weighted by molar-refractivity contribution is 6.08. The molecule has 7 atom stereocenters. The first-order chi connectivity index (χ1) is 40.9. The number of primary amides is 1. The van der Waals surface area contributed by atoms with Gasteiger partial charge in [-0.2, -0.15) is 0 Å². The molecule has 4 aromatic rings. The number of H-pyrrole nitrogens is 1. The number of aromatic nitrogens is 5. The quantitative estimate of drug-likeness (QED) is 0.0120. The molecule has 86 heavy (non-hydrogen) atoms. The highest BCUT2D eigenvalue weighted by Crippen LogP contribution is 2.23. The smallest absolute Gasteiger partial charge is 0.272 e. The van der Waals surface area contributed by atoms with E-state index < -0.39 is 95.5 Å². The lowest BCUT2D eigenvalue weighted by Gasteiger charge is -2.28. The number of carbonyl (C=O) groups excluding carboxylic acids is 9. The molecule has 1 aliphatic heterocycles. The molecule has 1 saturated heterocycles. The molecule has 33 heteroatoms. The normalized spacial score (nSPS) is 15.5. The van der Waals surface area contributed by atoms with Gasteiger partial charge in [-0.05, 0) is 95.5 Å². The summed E-state index contributed by atoms with van der Waals surface area (Å²) in [5.74, 6) is -6.32. The summed E-state index contributed by atoms with van der Waals surface area (Å²) in [7, 11) is 4.72. The fraction of sp³-hybridized carbons (Fsp3) is 0.509. The van der Waals surface area contributed by atoms with Gasteiger partial charge in [0.05, 0.1) is 35.5 Å². The first-order valence-electron chi connectivity index (χ1n) is 28.1. The van der Waals surface area contributed by atoms with Gasteiger partial charge >= 0.3 is 0 Å². The van der Waals surface area contributed by atoms with Crippen LogP contribution in [0.3, 0.4) is 0 Å². The van der Waals surface area contributed by atoms with E-state index in [1.165, 1.54) is 67.9 Å². The molecule has 5 heterocycles. The number of aliphatic imine (C=N–C) groups is 2. The second kappa shape index (κ2) is 32.6. The molecule has 0 spiro atoms. The van der Waals surface area contributed by atoms with Gasteiger partial charge in [-0.25, -0.2) is 4.98 Å². The van der Waals surface area contributed by atoms with Crippen LogP contribution in [0.25, 0.3) is 0 Å². The van der Waals surface area contributed by atoms with Crippen LogP contribution in [0, 0.1) is 0 Å². The lowest BCUT2D eigenvalue weighted by atomic mass is 10.0. The van der Waals surface area contributed by atoms with Crippen molar-refractivity contribution in [1.29, 1.82) is 0 Å². The molecule has 0 aliphatic carbocycles. The number of aliphatic hydroxyl groups excluding tert-OH is 1. The highest BCUT2D eigenvalue weighted by Gasteiger charge is 2.42. The van der Waals surface area contributed by atoms with E-state index >= 15 is 0 Å². The summed E-state index contributed by atoms with van der Waals surface area (Å²) in [6.07, 6.45) is 9.33. The van der Waals surface area contributed by atoms with Crippen molar-refractivity contribution in [3.63, 3.8) is 0 Å². The molecule has 0 saturated carbocycles. The summed E-state index contributed by atoms with van der Waals surface area (Å²) in [4.78, 5) is 138. The number of aryl methyl sites for hydroxylation is 3. The average Bonchev–Trinajstić information content (AvgIpc) is 2.67. The Hall–Kier alpha value is -9.34. The van der Waals surface area contributed by atoms with Crippen LogP contribution in [0.15, 0.2) is 59.3 Å². The van der Waals surface area contributed by atoms with Crippen LogP contribution in [0.1, 0.15) is 108 Å². The number of hydrogen-bond donors (Lipinski definition) is 17. The Bertz CT molecular complexity index is 3050. The summed E-state index contributed by atoms with van der Waals surface area (Å²) < 4.78 is 4.38. The molecule has 4 aromatic heterocycles. The number of β-amino-alcohol motifs (C(OH)–C–C–N with tert-alkyl or cyclic N) is 1. The summed E-state index contributed by atoms with van der Waals surface area (Å²) in [5, 5.41) is 29.7. The number of aliphatic hydroxyl groups is 1. The molecule has 0 bridgehead atoms. The zero-order valence-corrected chi connectivity index (χ0v) is 48.6. The van der Waals surface area contributed by atoms with Gasteiger partial charge in [-0.1, -0.05) is 0 Å². The van der Waals surface area contributed by atoms with E-state index in [4.69, 9.17) is 45.9 Å². The molecule has 5 rings (SSSR count). The SMILES string of the molecule is Cn1cc(NC(=O)c2cc(NC(=O)[C@@H](CCCCN)NC(=O)[C@H](CCCN=C(N)N)NC(=O)[C@@H]3C[C@@H](O)CN3C(=O)[C@@H](N)Cc3cnc[nH]3)cn2C)cc1C(=O)Nc1cc(C(=O)N[C@@H](CCCCN)C(=O)N[C@@H](CCCN=C(N)N)C(N)=O)n(C)c1. The molecule has 0 aromatic carbocycles. The first kappa shape index (κ1) is 67.5. The molecular weight excluding hydrogens is 1120 g/mol. The van der Waals surface area contributed by atoms with E-state index in [1.54, 1.807) is 21.1 Å². The number of nitrogens with two attached hydrogens (primary N) is 8. The van der Waals surface area contributed by atoms with Crippen LogP contribution >= 0.6 is 0 Å². The number of likely N-dealkylation sites (tertiary alicyclic amines) is 1. The maximum atomic E-state index is 14.2. The Morgan fingerprint density at radius 1 is 0.616 bits per heavy atom. The van der Waals surface area contributed by atoms with Crippen LogP contribution in [0.2, 0.25) is 0 Å². The third kappa shape index (κ3) is 20.2. The van der Waals surface area contributed by atoms with Crippen LogP contribution < -0.4 is 83.1 Å². The summed E-state index contributed by atoms with van der Waals surface area (Å²) in [6.45, 7) is 0.781. The number of guanidine groups is 2. The molecule has 25 N–H and O–H groups in total. The van der Waals surface area contributed by atoms with Crippen molar-refractivity contribution >= 4 is 82.1 Å². The minimum Gasteiger partial charge on any atom is -0.391 e. The maximum absolute atomic E-state index is 14.2. The standard InChI is InChI=1S/C53H83N23O10/c1-73-24-30(66-44(79)36(10-4-6-14-54)70-46(81)38(13-9-17-64-53(60)61)72-50(85)42-22-33(77)27-76(42)51(86)34(56)18-29-23-62-28-65-29)19-39(73)47(82)67-31-20-40(74(2)25-31)48(83)68-32-21-41(75(3)26-32)49(84)71-37(11-5-7-15-55)45(80)69-35(43(57)78)12-8-16-63-52(58)59/h19-21,23-26,28,33-38,42,77H,4-18,22,27,54-56H2,1-3H3,(H2,57,78)(H,62,65)(H,66,79)(H,67,82)(H,68,83)(H,69,80)(H,70,81)(H,71,84)(H,72,85)(H4,58,59,63)(H4,60,61,64)/t33-,34+,35+,36-,37+,38+,42+/m1/s1. The summed E-state index contributed by atoms with van der Waals surface area (Å²) in [5.41, 5.74) is 46.6. The third-order valence-electron chi connectivity index (χ3n) is 14.0. The second-order valence-electron chi connectivity index (χ2n) is 20.9. The number of unbranched alkanes of at least 4 members (excludes halogenated alkanes) is 2. The Kier molecular flexibility index (Phi) is 25.6. The first-order valence-corrected chi connectivity index (χ1v) is 28.1. The zero-order chi connectivity index (χ0) is 63.2. The summed E-state index contributed by atoms with van der Waals surface area (Å²) >= 11 is 0. The molecule has 470 valence electrons. The number of anilines is 3. The van der Waals surface area contributed by atoms with Crippen molar-refractivity contribution in [2.45, 2.75) is 119 Å². The fourth-order valence-corrected chi connectivity index (χ4v) is 9.56. The number of hydrogen-bond acceptors (Lipinski definition) is 16.